The number of benzene rings is 1. The third kappa shape index (κ3) is 4.37. The SMILES string of the molecule is CC1CN(c2ccc([N+](=O)[O-])cc2F)C(C)CN1C(=O)OC(C)(C)C. The minimum atomic E-state index is -0.640. The van der Waals surface area contributed by atoms with Crippen LogP contribution in [0.1, 0.15) is 34.6 Å². The maximum atomic E-state index is 14.3. The number of non-ortho nitro benzene ring substituents is 1. The Hall–Kier alpha value is -2.38. The summed E-state index contributed by atoms with van der Waals surface area (Å²) in [7, 11) is 0. The van der Waals surface area contributed by atoms with Crippen LogP contribution in [-0.2, 0) is 4.74 Å². The number of rotatable bonds is 2. The number of piperazine rings is 1. The van der Waals surface area contributed by atoms with Crippen molar-refractivity contribution >= 4 is 17.5 Å². The zero-order valence-electron chi connectivity index (χ0n) is 15.2. The lowest BCUT2D eigenvalue weighted by molar-refractivity contribution is -0.385. The molecule has 0 radical (unpaired) electrons. The summed E-state index contributed by atoms with van der Waals surface area (Å²) >= 11 is 0. The minimum Gasteiger partial charge on any atom is -0.444 e. The van der Waals surface area contributed by atoms with Crippen molar-refractivity contribution in [1.29, 1.82) is 0 Å². The molecule has 0 aromatic heterocycles. The molecular formula is C17H24FN3O4. The molecule has 1 amide bonds. The molecule has 138 valence electrons. The number of anilines is 1. The van der Waals surface area contributed by atoms with Crippen molar-refractivity contribution in [3.8, 4) is 0 Å². The Labute approximate surface area is 146 Å². The Morgan fingerprint density at radius 3 is 2.44 bits per heavy atom. The number of hydrogen-bond donors (Lipinski definition) is 0. The second-order valence-electron chi connectivity index (χ2n) is 7.38. The van der Waals surface area contributed by atoms with Gasteiger partial charge in [-0.3, -0.25) is 10.1 Å². The van der Waals surface area contributed by atoms with Crippen LogP contribution in [0.3, 0.4) is 0 Å². The predicted octanol–water partition coefficient (Wildman–Crippen LogP) is 3.57. The number of nitro groups is 1. The van der Waals surface area contributed by atoms with Gasteiger partial charge in [-0.2, -0.15) is 0 Å². The van der Waals surface area contributed by atoms with Crippen molar-refractivity contribution in [2.75, 3.05) is 18.0 Å². The molecule has 1 heterocycles. The number of hydrogen-bond acceptors (Lipinski definition) is 5. The monoisotopic (exact) mass is 353 g/mol. The van der Waals surface area contributed by atoms with Crippen molar-refractivity contribution in [2.45, 2.75) is 52.3 Å². The summed E-state index contributed by atoms with van der Waals surface area (Å²) < 4.78 is 19.7. The van der Waals surface area contributed by atoms with E-state index in [0.29, 0.717) is 18.8 Å². The highest BCUT2D eigenvalue weighted by Gasteiger charge is 2.35. The van der Waals surface area contributed by atoms with Crippen molar-refractivity contribution < 1.29 is 18.8 Å². The molecule has 0 saturated carbocycles. The van der Waals surface area contributed by atoms with E-state index in [1.54, 1.807) is 4.90 Å². The van der Waals surface area contributed by atoms with Crippen LogP contribution in [0.25, 0.3) is 0 Å². The van der Waals surface area contributed by atoms with Gasteiger partial charge in [-0.15, -0.1) is 0 Å². The topological polar surface area (TPSA) is 75.9 Å². The third-order valence-electron chi connectivity index (χ3n) is 4.07. The average molecular weight is 353 g/mol. The number of halogens is 1. The van der Waals surface area contributed by atoms with Crippen LogP contribution in [-0.4, -0.2) is 46.7 Å². The molecule has 0 N–H and O–H groups in total. The molecule has 7 nitrogen and oxygen atoms in total. The van der Waals surface area contributed by atoms with Gasteiger partial charge in [-0.1, -0.05) is 0 Å². The van der Waals surface area contributed by atoms with Crippen molar-refractivity contribution in [3.05, 3.63) is 34.1 Å². The summed E-state index contributed by atoms with van der Waals surface area (Å²) in [6.45, 7) is 9.96. The molecule has 1 aliphatic heterocycles. The fourth-order valence-corrected chi connectivity index (χ4v) is 2.88. The zero-order chi connectivity index (χ0) is 18.9. The fourth-order valence-electron chi connectivity index (χ4n) is 2.88. The van der Waals surface area contributed by atoms with Crippen LogP contribution < -0.4 is 4.90 Å². The quantitative estimate of drug-likeness (QED) is 0.600. The lowest BCUT2D eigenvalue weighted by Crippen LogP contribution is -2.59. The molecule has 1 fully saturated rings. The molecule has 1 aromatic rings. The summed E-state index contributed by atoms with van der Waals surface area (Å²) in [4.78, 5) is 25.9. The number of nitro benzene ring substituents is 1. The normalized spacial score (nSPS) is 21.2. The van der Waals surface area contributed by atoms with Crippen molar-refractivity contribution in [2.24, 2.45) is 0 Å². The second kappa shape index (κ2) is 6.85. The number of nitrogens with zero attached hydrogens (tertiary/aromatic N) is 3. The van der Waals surface area contributed by atoms with Gasteiger partial charge >= 0.3 is 6.09 Å². The van der Waals surface area contributed by atoms with E-state index in [1.165, 1.54) is 12.1 Å². The van der Waals surface area contributed by atoms with E-state index in [0.717, 1.165) is 6.07 Å². The molecular weight excluding hydrogens is 329 g/mol. The van der Waals surface area contributed by atoms with Crippen LogP contribution in [0.15, 0.2) is 18.2 Å². The highest BCUT2D eigenvalue weighted by Crippen LogP contribution is 2.29. The second-order valence-corrected chi connectivity index (χ2v) is 7.38. The van der Waals surface area contributed by atoms with E-state index >= 15 is 0 Å². The van der Waals surface area contributed by atoms with E-state index in [1.807, 2.05) is 39.5 Å². The Bertz CT molecular complexity index is 674. The standard InChI is InChI=1S/C17H24FN3O4/c1-11-10-20(16(22)25-17(3,4)5)12(2)9-19(11)15-7-6-13(21(23)24)8-14(15)18/h6-8,11-12H,9-10H2,1-5H3. The van der Waals surface area contributed by atoms with E-state index in [2.05, 4.69) is 0 Å². The van der Waals surface area contributed by atoms with Crippen LogP contribution in [0.5, 0.6) is 0 Å². The Kier molecular flexibility index (Phi) is 5.20. The molecule has 2 rings (SSSR count). The minimum absolute atomic E-state index is 0.153. The molecule has 8 heteroatoms. The largest absolute Gasteiger partial charge is 0.444 e. The zero-order valence-corrected chi connectivity index (χ0v) is 15.2. The fraction of sp³-hybridized carbons (Fsp3) is 0.588. The summed E-state index contributed by atoms with van der Waals surface area (Å²) in [5.74, 6) is -0.640. The van der Waals surface area contributed by atoms with Crippen molar-refractivity contribution in [1.82, 2.24) is 4.90 Å². The molecule has 0 aliphatic carbocycles. The maximum Gasteiger partial charge on any atom is 0.410 e. The van der Waals surface area contributed by atoms with Gasteiger partial charge in [0.1, 0.15) is 5.60 Å². The lowest BCUT2D eigenvalue weighted by Gasteiger charge is -2.45. The number of ether oxygens (including phenoxy) is 1. The molecule has 2 unspecified atom stereocenters. The van der Waals surface area contributed by atoms with Gasteiger partial charge in [0, 0.05) is 31.2 Å². The Morgan fingerprint density at radius 2 is 1.92 bits per heavy atom. The first-order valence-electron chi connectivity index (χ1n) is 8.20. The molecule has 1 aliphatic rings. The van der Waals surface area contributed by atoms with Crippen LogP contribution in [0, 0.1) is 15.9 Å². The predicted molar refractivity (Wildman–Crippen MR) is 92.3 cm³/mol. The van der Waals surface area contributed by atoms with Gasteiger partial charge < -0.3 is 14.5 Å². The number of carbonyl (C=O) groups is 1. The van der Waals surface area contributed by atoms with Crippen molar-refractivity contribution in [3.63, 3.8) is 0 Å². The first-order chi connectivity index (χ1) is 11.5. The van der Waals surface area contributed by atoms with E-state index in [9.17, 15) is 19.3 Å². The average Bonchev–Trinajstić information content (AvgIpc) is 2.47. The van der Waals surface area contributed by atoms with Crippen LogP contribution >= 0.6 is 0 Å². The lowest BCUT2D eigenvalue weighted by atomic mass is 10.1. The summed E-state index contributed by atoms with van der Waals surface area (Å²) in [5, 5.41) is 10.8. The van der Waals surface area contributed by atoms with Gasteiger partial charge in [0.05, 0.1) is 16.7 Å². The maximum absolute atomic E-state index is 14.3. The summed E-state index contributed by atoms with van der Waals surface area (Å²) in [6.07, 6.45) is -0.393. The van der Waals surface area contributed by atoms with E-state index < -0.39 is 22.4 Å². The van der Waals surface area contributed by atoms with E-state index in [-0.39, 0.29) is 17.8 Å². The Balaban J connectivity index is 2.17. The summed E-state index contributed by atoms with van der Waals surface area (Å²) in [6, 6.07) is 3.29. The molecule has 1 aromatic carbocycles. The van der Waals surface area contributed by atoms with E-state index in [4.69, 9.17) is 4.74 Å². The van der Waals surface area contributed by atoms with Gasteiger partial charge in [0.15, 0.2) is 5.82 Å². The van der Waals surface area contributed by atoms with Gasteiger partial charge in [0.2, 0.25) is 0 Å². The Morgan fingerprint density at radius 1 is 1.28 bits per heavy atom. The first kappa shape index (κ1) is 19.0. The van der Waals surface area contributed by atoms with Crippen LogP contribution in [0.4, 0.5) is 20.6 Å². The van der Waals surface area contributed by atoms with Gasteiger partial charge in [0.25, 0.3) is 5.69 Å². The molecule has 0 spiro atoms. The molecule has 25 heavy (non-hydrogen) atoms. The van der Waals surface area contributed by atoms with Gasteiger partial charge in [-0.25, -0.2) is 9.18 Å². The number of carbonyl (C=O) groups excluding carboxylic acids is 1. The molecule has 2 atom stereocenters. The highest BCUT2D eigenvalue weighted by atomic mass is 19.1. The smallest absolute Gasteiger partial charge is 0.410 e. The highest BCUT2D eigenvalue weighted by molar-refractivity contribution is 5.69. The van der Waals surface area contributed by atoms with Crippen LogP contribution in [0.2, 0.25) is 0 Å². The summed E-state index contributed by atoms with van der Waals surface area (Å²) in [5.41, 5.74) is -0.565. The first-order valence-corrected chi connectivity index (χ1v) is 8.20. The number of amides is 1. The van der Waals surface area contributed by atoms with Gasteiger partial charge in [-0.05, 0) is 40.7 Å². The third-order valence-corrected chi connectivity index (χ3v) is 4.07. The molecule has 0 bridgehead atoms. The molecule has 1 saturated heterocycles.